The fourth-order valence-electron chi connectivity index (χ4n) is 4.19. The van der Waals surface area contributed by atoms with Crippen LogP contribution in [-0.4, -0.2) is 48.8 Å². The SMILES string of the molecule is CSCCNC(=O)CNC(=O)c1ccc(C2=NOC(c3cc(Cl)cc(Cl)c3)(C(F)(F)F)C2)c2ccccc12. The van der Waals surface area contributed by atoms with Gasteiger partial charge in [0.15, 0.2) is 0 Å². The molecule has 1 heterocycles. The predicted octanol–water partition coefficient (Wildman–Crippen LogP) is 5.94. The summed E-state index contributed by atoms with van der Waals surface area (Å²) in [5.74, 6) is -0.0645. The van der Waals surface area contributed by atoms with Crippen LogP contribution in [0.15, 0.2) is 59.8 Å². The first-order chi connectivity index (χ1) is 18.1. The number of amides is 2. The van der Waals surface area contributed by atoms with Crippen LogP contribution in [0.25, 0.3) is 10.8 Å². The van der Waals surface area contributed by atoms with Crippen molar-refractivity contribution >= 4 is 63.3 Å². The van der Waals surface area contributed by atoms with E-state index in [1.165, 1.54) is 18.2 Å². The number of carbonyl (C=O) groups is 2. The Morgan fingerprint density at radius 1 is 1.05 bits per heavy atom. The highest BCUT2D eigenvalue weighted by Crippen LogP contribution is 2.50. The van der Waals surface area contributed by atoms with Crippen LogP contribution in [0.5, 0.6) is 0 Å². The molecule has 0 radical (unpaired) electrons. The van der Waals surface area contributed by atoms with E-state index in [1.54, 1.807) is 36.0 Å². The van der Waals surface area contributed by atoms with Crippen molar-refractivity contribution < 1.29 is 27.6 Å². The molecule has 0 aliphatic carbocycles. The molecule has 200 valence electrons. The Bertz CT molecular complexity index is 1400. The number of thioether (sulfide) groups is 1. The van der Waals surface area contributed by atoms with Gasteiger partial charge in [-0.3, -0.25) is 9.59 Å². The third-order valence-electron chi connectivity index (χ3n) is 6.03. The Balaban J connectivity index is 1.63. The molecule has 2 N–H and O–H groups in total. The third-order valence-corrected chi connectivity index (χ3v) is 7.08. The Morgan fingerprint density at radius 3 is 2.39 bits per heavy atom. The van der Waals surface area contributed by atoms with Crippen LogP contribution in [0, 0.1) is 0 Å². The van der Waals surface area contributed by atoms with Gasteiger partial charge < -0.3 is 15.5 Å². The standard InChI is InChI=1S/C26H22Cl2F3N3O3S/c1-38-9-8-32-23(35)14-33-24(36)21-7-6-20(18-4-2-3-5-19(18)21)22-13-25(37-34-22,26(29,30)31)15-10-16(27)12-17(28)11-15/h2-7,10-12H,8-9,13-14H2,1H3,(H,32,35)(H,33,36). The average Bonchev–Trinajstić information content (AvgIpc) is 3.33. The van der Waals surface area contributed by atoms with Crippen LogP contribution in [0.4, 0.5) is 13.2 Å². The van der Waals surface area contributed by atoms with Gasteiger partial charge >= 0.3 is 6.18 Å². The molecule has 0 fully saturated rings. The monoisotopic (exact) mass is 583 g/mol. The van der Waals surface area contributed by atoms with E-state index in [-0.39, 0.29) is 39.3 Å². The molecule has 12 heteroatoms. The number of hydrogen-bond donors (Lipinski definition) is 2. The molecule has 3 aromatic rings. The number of benzene rings is 3. The predicted molar refractivity (Wildman–Crippen MR) is 144 cm³/mol. The molecule has 1 atom stereocenters. The van der Waals surface area contributed by atoms with Gasteiger partial charge in [0.2, 0.25) is 5.91 Å². The Hall–Kier alpha value is -2.95. The van der Waals surface area contributed by atoms with E-state index < -0.39 is 24.1 Å². The summed E-state index contributed by atoms with van der Waals surface area (Å²) < 4.78 is 43.2. The smallest absolute Gasteiger partial charge is 0.374 e. The van der Waals surface area contributed by atoms with Crippen LogP contribution >= 0.6 is 35.0 Å². The first-order valence-electron chi connectivity index (χ1n) is 11.4. The fourth-order valence-corrected chi connectivity index (χ4v) is 5.03. The molecule has 3 aromatic carbocycles. The summed E-state index contributed by atoms with van der Waals surface area (Å²) in [6, 6.07) is 13.4. The van der Waals surface area contributed by atoms with Crippen molar-refractivity contribution in [2.45, 2.75) is 18.2 Å². The number of hydrogen-bond acceptors (Lipinski definition) is 5. The largest absolute Gasteiger partial charge is 0.435 e. The normalized spacial score (nSPS) is 17.2. The van der Waals surface area contributed by atoms with E-state index in [9.17, 15) is 22.8 Å². The number of fused-ring (bicyclic) bond motifs is 1. The number of carbonyl (C=O) groups excluding carboxylic acids is 2. The number of halogens is 5. The van der Waals surface area contributed by atoms with Gasteiger partial charge in [-0.25, -0.2) is 0 Å². The molecule has 0 saturated heterocycles. The second-order valence-electron chi connectivity index (χ2n) is 8.52. The van der Waals surface area contributed by atoms with Gasteiger partial charge in [0.1, 0.15) is 0 Å². The second-order valence-corrected chi connectivity index (χ2v) is 10.4. The Kier molecular flexibility index (Phi) is 8.44. The molecular formula is C26H22Cl2F3N3O3S. The molecule has 1 unspecified atom stereocenters. The minimum atomic E-state index is -4.84. The molecule has 38 heavy (non-hydrogen) atoms. The molecule has 2 amide bonds. The van der Waals surface area contributed by atoms with E-state index in [4.69, 9.17) is 28.0 Å². The van der Waals surface area contributed by atoms with E-state index in [1.807, 2.05) is 6.26 Å². The van der Waals surface area contributed by atoms with Crippen molar-refractivity contribution in [3.63, 3.8) is 0 Å². The maximum absolute atomic E-state index is 14.4. The summed E-state index contributed by atoms with van der Waals surface area (Å²) in [4.78, 5) is 30.0. The number of nitrogens with zero attached hydrogens (tertiary/aromatic N) is 1. The highest BCUT2D eigenvalue weighted by molar-refractivity contribution is 7.98. The summed E-state index contributed by atoms with van der Waals surface area (Å²) in [5.41, 5.74) is -2.35. The van der Waals surface area contributed by atoms with Gasteiger partial charge in [-0.2, -0.15) is 24.9 Å². The molecular weight excluding hydrogens is 562 g/mol. The lowest BCUT2D eigenvalue weighted by Gasteiger charge is -2.29. The Morgan fingerprint density at radius 2 is 1.74 bits per heavy atom. The third kappa shape index (κ3) is 5.72. The zero-order chi connectivity index (χ0) is 27.5. The van der Waals surface area contributed by atoms with Crippen molar-refractivity contribution in [2.75, 3.05) is 25.1 Å². The minimum absolute atomic E-state index is 0.0342. The highest BCUT2D eigenvalue weighted by atomic mass is 35.5. The van der Waals surface area contributed by atoms with Crippen LogP contribution in [0.3, 0.4) is 0 Å². The summed E-state index contributed by atoms with van der Waals surface area (Å²) in [6.45, 7) is 0.276. The first-order valence-corrected chi connectivity index (χ1v) is 13.5. The summed E-state index contributed by atoms with van der Waals surface area (Å²) in [6.07, 6.45) is -3.54. The number of oxime groups is 1. The van der Waals surface area contributed by atoms with Gasteiger partial charge in [-0.15, -0.1) is 0 Å². The molecule has 0 bridgehead atoms. The van der Waals surface area contributed by atoms with Gasteiger partial charge in [-0.1, -0.05) is 58.7 Å². The lowest BCUT2D eigenvalue weighted by atomic mass is 9.85. The Labute approximate surface area is 230 Å². The molecule has 0 spiro atoms. The van der Waals surface area contributed by atoms with Crippen molar-refractivity contribution in [1.29, 1.82) is 0 Å². The quantitative estimate of drug-likeness (QED) is 0.322. The van der Waals surface area contributed by atoms with E-state index in [0.29, 0.717) is 22.9 Å². The van der Waals surface area contributed by atoms with Crippen molar-refractivity contribution in [1.82, 2.24) is 10.6 Å². The topological polar surface area (TPSA) is 79.8 Å². The van der Waals surface area contributed by atoms with Crippen molar-refractivity contribution in [3.05, 3.63) is 81.3 Å². The maximum Gasteiger partial charge on any atom is 0.435 e. The lowest BCUT2D eigenvalue weighted by molar-refractivity contribution is -0.275. The van der Waals surface area contributed by atoms with Gasteiger partial charge in [0.25, 0.3) is 11.5 Å². The molecule has 1 aliphatic rings. The first kappa shape index (κ1) is 28.1. The van der Waals surface area contributed by atoms with Crippen LogP contribution in [-0.2, 0) is 15.2 Å². The summed E-state index contributed by atoms with van der Waals surface area (Å²) in [5, 5.41) is 10.2. The average molecular weight is 584 g/mol. The molecule has 6 nitrogen and oxygen atoms in total. The molecule has 1 aliphatic heterocycles. The summed E-state index contributed by atoms with van der Waals surface area (Å²) in [7, 11) is 0. The summed E-state index contributed by atoms with van der Waals surface area (Å²) >= 11 is 13.6. The second kappa shape index (κ2) is 11.4. The molecule has 0 aromatic heterocycles. The number of nitrogens with one attached hydrogen (secondary N) is 2. The van der Waals surface area contributed by atoms with Crippen LogP contribution < -0.4 is 10.6 Å². The zero-order valence-electron chi connectivity index (χ0n) is 20.0. The van der Waals surface area contributed by atoms with E-state index in [0.717, 1.165) is 17.9 Å². The highest BCUT2D eigenvalue weighted by Gasteiger charge is 2.62. The molecule has 0 saturated carbocycles. The number of rotatable bonds is 8. The van der Waals surface area contributed by atoms with E-state index in [2.05, 4.69) is 15.8 Å². The van der Waals surface area contributed by atoms with Crippen molar-refractivity contribution in [2.24, 2.45) is 5.16 Å². The van der Waals surface area contributed by atoms with Gasteiger partial charge in [0.05, 0.1) is 12.3 Å². The maximum atomic E-state index is 14.4. The lowest BCUT2D eigenvalue weighted by Crippen LogP contribution is -2.42. The van der Waals surface area contributed by atoms with E-state index >= 15 is 0 Å². The fraction of sp³-hybridized carbons (Fsp3) is 0.269. The van der Waals surface area contributed by atoms with Crippen LogP contribution in [0.2, 0.25) is 10.0 Å². The molecule has 4 rings (SSSR count). The minimum Gasteiger partial charge on any atom is -0.374 e. The number of alkyl halides is 3. The van der Waals surface area contributed by atoms with Crippen molar-refractivity contribution in [3.8, 4) is 0 Å². The van der Waals surface area contributed by atoms with Gasteiger partial charge in [-0.05, 0) is 41.3 Å². The zero-order valence-corrected chi connectivity index (χ0v) is 22.3. The van der Waals surface area contributed by atoms with Crippen LogP contribution in [0.1, 0.15) is 27.9 Å². The van der Waals surface area contributed by atoms with Gasteiger partial charge in [0, 0.05) is 45.5 Å².